The summed E-state index contributed by atoms with van der Waals surface area (Å²) in [7, 11) is 0. The highest BCUT2D eigenvalue weighted by atomic mass is 35.5. The van der Waals surface area contributed by atoms with Crippen LogP contribution in [0.3, 0.4) is 0 Å². The van der Waals surface area contributed by atoms with E-state index in [2.05, 4.69) is 34.6 Å². The average Bonchev–Trinajstić information content (AvgIpc) is 2.81. The Labute approximate surface area is 114 Å². The Morgan fingerprint density at radius 1 is 1.50 bits per heavy atom. The Kier molecular flexibility index (Phi) is 5.03. The van der Waals surface area contributed by atoms with Crippen molar-refractivity contribution in [2.75, 3.05) is 25.6 Å². The molecule has 1 unspecified atom stereocenters. The number of hydrogen-bond donors (Lipinski definition) is 0. The van der Waals surface area contributed by atoms with Crippen LogP contribution in [0.2, 0.25) is 0 Å². The number of nitrogens with zero attached hydrogens (tertiary/aromatic N) is 3. The average molecular weight is 272 g/mol. The Morgan fingerprint density at radius 2 is 2.33 bits per heavy atom. The first kappa shape index (κ1) is 13.8. The molecule has 5 heteroatoms. The van der Waals surface area contributed by atoms with Gasteiger partial charge in [0.1, 0.15) is 0 Å². The highest BCUT2D eigenvalue weighted by Gasteiger charge is 2.20. The minimum Gasteiger partial charge on any atom is -0.374 e. The standard InChI is InChI=1S/C13H22ClN3O/c1-3-11-7-12(17(4-2)15-11)9-16-5-6-18-13(8-14)10-16/h7,13H,3-6,8-10H2,1-2H3. The van der Waals surface area contributed by atoms with Gasteiger partial charge in [-0.1, -0.05) is 6.92 Å². The molecule has 2 rings (SSSR count). The number of alkyl halides is 1. The van der Waals surface area contributed by atoms with Crippen LogP contribution < -0.4 is 0 Å². The molecule has 0 bridgehead atoms. The third-order valence-corrected chi connectivity index (χ3v) is 3.70. The van der Waals surface area contributed by atoms with E-state index in [0.29, 0.717) is 5.88 Å². The second kappa shape index (κ2) is 6.55. The van der Waals surface area contributed by atoms with Crippen LogP contribution in [0.15, 0.2) is 6.07 Å². The van der Waals surface area contributed by atoms with E-state index in [0.717, 1.165) is 39.2 Å². The zero-order valence-corrected chi connectivity index (χ0v) is 12.0. The van der Waals surface area contributed by atoms with Gasteiger partial charge in [0.2, 0.25) is 0 Å². The van der Waals surface area contributed by atoms with Gasteiger partial charge in [-0.2, -0.15) is 5.10 Å². The monoisotopic (exact) mass is 271 g/mol. The lowest BCUT2D eigenvalue weighted by atomic mass is 10.2. The molecule has 1 aliphatic rings. The molecule has 0 aromatic carbocycles. The Balaban J connectivity index is 2.01. The smallest absolute Gasteiger partial charge is 0.0837 e. The first-order valence-corrected chi connectivity index (χ1v) is 7.25. The van der Waals surface area contributed by atoms with E-state index in [4.69, 9.17) is 16.3 Å². The van der Waals surface area contributed by atoms with Crippen molar-refractivity contribution in [2.24, 2.45) is 0 Å². The van der Waals surface area contributed by atoms with Gasteiger partial charge in [0, 0.05) is 32.1 Å². The summed E-state index contributed by atoms with van der Waals surface area (Å²) in [6.07, 6.45) is 1.16. The van der Waals surface area contributed by atoms with Gasteiger partial charge in [-0.15, -0.1) is 11.6 Å². The molecule has 2 heterocycles. The molecule has 1 aromatic heterocycles. The molecule has 0 saturated carbocycles. The molecule has 4 nitrogen and oxygen atoms in total. The van der Waals surface area contributed by atoms with Crippen molar-refractivity contribution in [1.29, 1.82) is 0 Å². The van der Waals surface area contributed by atoms with Gasteiger partial charge in [0.25, 0.3) is 0 Å². The van der Waals surface area contributed by atoms with E-state index in [1.165, 1.54) is 11.4 Å². The van der Waals surface area contributed by atoms with Crippen LogP contribution in [0.25, 0.3) is 0 Å². The van der Waals surface area contributed by atoms with Crippen LogP contribution in [0, 0.1) is 0 Å². The fraction of sp³-hybridized carbons (Fsp3) is 0.769. The highest BCUT2D eigenvalue weighted by Crippen LogP contribution is 2.13. The zero-order valence-electron chi connectivity index (χ0n) is 11.2. The third kappa shape index (κ3) is 3.25. The summed E-state index contributed by atoms with van der Waals surface area (Å²) in [5.74, 6) is 0.573. The minimum absolute atomic E-state index is 0.170. The fourth-order valence-corrected chi connectivity index (χ4v) is 2.52. The van der Waals surface area contributed by atoms with E-state index in [1.54, 1.807) is 0 Å². The first-order valence-electron chi connectivity index (χ1n) is 6.72. The summed E-state index contributed by atoms with van der Waals surface area (Å²) in [4.78, 5) is 2.40. The van der Waals surface area contributed by atoms with E-state index in [1.807, 2.05) is 0 Å². The number of aryl methyl sites for hydroxylation is 2. The van der Waals surface area contributed by atoms with Crippen molar-refractivity contribution in [3.63, 3.8) is 0 Å². The van der Waals surface area contributed by atoms with Crippen LogP contribution >= 0.6 is 11.6 Å². The second-order valence-corrected chi connectivity index (χ2v) is 4.99. The molecule has 102 valence electrons. The van der Waals surface area contributed by atoms with Crippen LogP contribution in [-0.2, 0) is 24.2 Å². The molecule has 1 saturated heterocycles. The van der Waals surface area contributed by atoms with Crippen LogP contribution in [-0.4, -0.2) is 46.4 Å². The number of halogens is 1. The van der Waals surface area contributed by atoms with Crippen molar-refractivity contribution in [3.8, 4) is 0 Å². The van der Waals surface area contributed by atoms with Gasteiger partial charge in [-0.3, -0.25) is 9.58 Å². The Morgan fingerprint density at radius 3 is 3.00 bits per heavy atom. The van der Waals surface area contributed by atoms with Crippen molar-refractivity contribution in [2.45, 2.75) is 39.5 Å². The van der Waals surface area contributed by atoms with Gasteiger partial charge < -0.3 is 4.74 Å². The predicted molar refractivity (Wildman–Crippen MR) is 73.0 cm³/mol. The maximum absolute atomic E-state index is 5.86. The number of aromatic nitrogens is 2. The number of rotatable bonds is 5. The maximum Gasteiger partial charge on any atom is 0.0837 e. The number of hydrogen-bond acceptors (Lipinski definition) is 3. The Hall–Kier alpha value is -0.580. The Bertz CT molecular complexity index is 380. The fourth-order valence-electron chi connectivity index (χ4n) is 2.34. The summed E-state index contributed by atoms with van der Waals surface area (Å²) in [6, 6.07) is 2.22. The largest absolute Gasteiger partial charge is 0.374 e. The first-order chi connectivity index (χ1) is 8.76. The zero-order chi connectivity index (χ0) is 13.0. The second-order valence-electron chi connectivity index (χ2n) is 4.68. The molecule has 0 N–H and O–H groups in total. The summed E-state index contributed by atoms with van der Waals surface area (Å²) < 4.78 is 7.68. The van der Waals surface area contributed by atoms with Gasteiger partial charge in [0.05, 0.1) is 24.1 Å². The lowest BCUT2D eigenvalue weighted by Gasteiger charge is -2.31. The molecular weight excluding hydrogens is 250 g/mol. The molecule has 1 fully saturated rings. The van der Waals surface area contributed by atoms with Crippen LogP contribution in [0.4, 0.5) is 0 Å². The summed E-state index contributed by atoms with van der Waals surface area (Å²) in [5.41, 5.74) is 2.47. The van der Waals surface area contributed by atoms with Crippen LogP contribution in [0.5, 0.6) is 0 Å². The van der Waals surface area contributed by atoms with Crippen molar-refractivity contribution < 1.29 is 4.74 Å². The molecule has 0 aliphatic carbocycles. The summed E-state index contributed by atoms with van der Waals surface area (Å²) in [5, 5.41) is 4.58. The minimum atomic E-state index is 0.170. The highest BCUT2D eigenvalue weighted by molar-refractivity contribution is 6.18. The van der Waals surface area contributed by atoms with E-state index in [-0.39, 0.29) is 6.10 Å². The van der Waals surface area contributed by atoms with Gasteiger partial charge in [-0.05, 0) is 19.4 Å². The van der Waals surface area contributed by atoms with Crippen molar-refractivity contribution in [1.82, 2.24) is 14.7 Å². The predicted octanol–water partition coefficient (Wildman–Crippen LogP) is 1.91. The lowest BCUT2D eigenvalue weighted by Crippen LogP contribution is -2.43. The van der Waals surface area contributed by atoms with E-state index in [9.17, 15) is 0 Å². The van der Waals surface area contributed by atoms with Crippen LogP contribution in [0.1, 0.15) is 25.2 Å². The quantitative estimate of drug-likeness (QED) is 0.767. The number of ether oxygens (including phenoxy) is 1. The normalized spacial score (nSPS) is 21.4. The molecule has 0 spiro atoms. The lowest BCUT2D eigenvalue weighted by molar-refractivity contribution is -0.0201. The molecule has 18 heavy (non-hydrogen) atoms. The van der Waals surface area contributed by atoms with Gasteiger partial charge in [-0.25, -0.2) is 0 Å². The van der Waals surface area contributed by atoms with Gasteiger partial charge in [0.15, 0.2) is 0 Å². The molecule has 1 aromatic rings. The van der Waals surface area contributed by atoms with E-state index >= 15 is 0 Å². The van der Waals surface area contributed by atoms with E-state index < -0.39 is 0 Å². The van der Waals surface area contributed by atoms with Crippen molar-refractivity contribution in [3.05, 3.63) is 17.5 Å². The van der Waals surface area contributed by atoms with Gasteiger partial charge >= 0.3 is 0 Å². The molecular formula is C13H22ClN3O. The SMILES string of the molecule is CCc1cc(CN2CCOC(CCl)C2)n(CC)n1. The topological polar surface area (TPSA) is 30.3 Å². The molecule has 0 amide bonds. The number of morpholine rings is 1. The molecule has 1 atom stereocenters. The van der Waals surface area contributed by atoms with Crippen molar-refractivity contribution >= 4 is 11.6 Å². The maximum atomic E-state index is 5.86. The third-order valence-electron chi connectivity index (χ3n) is 3.36. The molecule has 1 aliphatic heterocycles. The molecule has 0 radical (unpaired) electrons. The summed E-state index contributed by atoms with van der Waals surface area (Å²) in [6.45, 7) is 8.82. The summed E-state index contributed by atoms with van der Waals surface area (Å²) >= 11 is 5.86.